The van der Waals surface area contributed by atoms with E-state index in [4.69, 9.17) is 4.42 Å². The number of β-lactam (4-membered cyclic amide) rings is 1. The molecule has 2 aliphatic heterocycles. The van der Waals surface area contributed by atoms with Crippen LogP contribution in [-0.4, -0.2) is 61.0 Å². The van der Waals surface area contributed by atoms with Crippen molar-refractivity contribution in [2.75, 3.05) is 11.5 Å². The monoisotopic (exact) mass is 475 g/mol. The first-order valence-corrected chi connectivity index (χ1v) is 11.8. The molecule has 1 fully saturated rings. The van der Waals surface area contributed by atoms with E-state index in [2.05, 4.69) is 20.8 Å². The fourth-order valence-corrected chi connectivity index (χ4v) is 5.77. The zero-order chi connectivity index (χ0) is 22.8. The number of carboxylic acid groups (broad SMARTS) is 1. The molecule has 1 saturated heterocycles. The second kappa shape index (κ2) is 9.25. The third-order valence-electron chi connectivity index (χ3n) is 5.06. The summed E-state index contributed by atoms with van der Waals surface area (Å²) in [6.45, 7) is 3.52. The van der Waals surface area contributed by atoms with Crippen molar-refractivity contribution in [1.29, 1.82) is 0 Å². The molecule has 3 atom stereocenters. The van der Waals surface area contributed by atoms with Crippen molar-refractivity contribution in [3.8, 4) is 0 Å². The van der Waals surface area contributed by atoms with Gasteiger partial charge < -0.3 is 20.2 Å². The number of thioether (sulfide) groups is 2. The minimum absolute atomic E-state index is 0.0430. The molecule has 4 rings (SSSR count). The SMILES string of the molecule is Cc1nnc(SCC2=C(C(=O)O)N3C(=O)C(NC(=O)NC(C)c4ccccc4)[C@@H]3SC2)o1. The first-order valence-electron chi connectivity index (χ1n) is 9.80. The van der Waals surface area contributed by atoms with Gasteiger partial charge in [-0.2, -0.15) is 0 Å². The lowest BCUT2D eigenvalue weighted by atomic mass is 10.0. The van der Waals surface area contributed by atoms with E-state index in [1.165, 1.54) is 28.4 Å². The molecule has 3 N–H and O–H groups in total. The molecule has 10 nitrogen and oxygen atoms in total. The van der Waals surface area contributed by atoms with Gasteiger partial charge in [-0.15, -0.1) is 22.0 Å². The summed E-state index contributed by atoms with van der Waals surface area (Å²) < 4.78 is 5.31. The number of aliphatic carboxylic acids is 1. The van der Waals surface area contributed by atoms with E-state index in [0.717, 1.165) is 5.56 Å². The number of carboxylic acids is 1. The van der Waals surface area contributed by atoms with Crippen LogP contribution in [0.15, 0.2) is 51.2 Å². The first-order chi connectivity index (χ1) is 15.3. The van der Waals surface area contributed by atoms with Crippen molar-refractivity contribution in [2.24, 2.45) is 0 Å². The van der Waals surface area contributed by atoms with Crippen LogP contribution >= 0.6 is 23.5 Å². The Morgan fingerprint density at radius 3 is 2.75 bits per heavy atom. The van der Waals surface area contributed by atoms with E-state index in [0.29, 0.717) is 28.2 Å². The summed E-state index contributed by atoms with van der Waals surface area (Å²) in [5.41, 5.74) is 1.48. The fourth-order valence-electron chi connectivity index (χ4n) is 3.48. The zero-order valence-corrected chi connectivity index (χ0v) is 18.9. The van der Waals surface area contributed by atoms with Crippen LogP contribution in [0.25, 0.3) is 0 Å². The number of rotatable bonds is 7. The molecule has 32 heavy (non-hydrogen) atoms. The highest BCUT2D eigenvalue weighted by Gasteiger charge is 2.54. The number of amides is 3. The van der Waals surface area contributed by atoms with E-state index in [1.54, 1.807) is 6.92 Å². The normalized spacial score (nSPS) is 20.9. The Morgan fingerprint density at radius 2 is 2.09 bits per heavy atom. The summed E-state index contributed by atoms with van der Waals surface area (Å²) in [4.78, 5) is 38.4. The Labute approximate surface area is 192 Å². The van der Waals surface area contributed by atoms with Gasteiger partial charge in [-0.05, 0) is 18.1 Å². The van der Waals surface area contributed by atoms with Gasteiger partial charge in [0.25, 0.3) is 11.1 Å². The first kappa shape index (κ1) is 22.2. The van der Waals surface area contributed by atoms with E-state index >= 15 is 0 Å². The number of aryl methyl sites for hydroxylation is 1. The molecule has 1 aromatic heterocycles. The predicted molar refractivity (Wildman–Crippen MR) is 118 cm³/mol. The number of urea groups is 1. The topological polar surface area (TPSA) is 138 Å². The van der Waals surface area contributed by atoms with Gasteiger partial charge in [0.15, 0.2) is 0 Å². The minimum Gasteiger partial charge on any atom is -0.477 e. The van der Waals surface area contributed by atoms with Crippen molar-refractivity contribution < 1.29 is 23.9 Å². The third-order valence-corrected chi connectivity index (χ3v) is 7.31. The number of aromatic nitrogens is 2. The van der Waals surface area contributed by atoms with Crippen molar-refractivity contribution in [3.63, 3.8) is 0 Å². The molecule has 0 aliphatic carbocycles. The third kappa shape index (κ3) is 4.46. The van der Waals surface area contributed by atoms with Crippen LogP contribution in [0.3, 0.4) is 0 Å². The van der Waals surface area contributed by atoms with Gasteiger partial charge in [0, 0.05) is 18.4 Å². The largest absolute Gasteiger partial charge is 0.477 e. The Bertz CT molecular complexity index is 1070. The smallest absolute Gasteiger partial charge is 0.352 e. The van der Waals surface area contributed by atoms with Crippen LogP contribution < -0.4 is 10.6 Å². The molecule has 0 radical (unpaired) electrons. The highest BCUT2D eigenvalue weighted by Crippen LogP contribution is 2.41. The number of nitrogens with zero attached hydrogens (tertiary/aromatic N) is 3. The molecule has 2 aliphatic rings. The zero-order valence-electron chi connectivity index (χ0n) is 17.3. The molecule has 0 spiro atoms. The number of hydrogen-bond donors (Lipinski definition) is 3. The van der Waals surface area contributed by atoms with E-state index in [9.17, 15) is 19.5 Å². The Morgan fingerprint density at radius 1 is 1.34 bits per heavy atom. The second-order valence-electron chi connectivity index (χ2n) is 7.27. The number of carbonyl (C=O) groups excluding carboxylic acids is 2. The molecular formula is C20H21N5O5S2. The maximum atomic E-state index is 12.8. The van der Waals surface area contributed by atoms with Crippen LogP contribution in [0, 0.1) is 6.92 Å². The van der Waals surface area contributed by atoms with Gasteiger partial charge in [-0.1, -0.05) is 42.1 Å². The van der Waals surface area contributed by atoms with Crippen molar-refractivity contribution >= 4 is 41.4 Å². The molecule has 168 valence electrons. The highest BCUT2D eigenvalue weighted by molar-refractivity contribution is 8.01. The summed E-state index contributed by atoms with van der Waals surface area (Å²) in [6.07, 6.45) is 0. The van der Waals surface area contributed by atoms with Gasteiger partial charge in [0.2, 0.25) is 5.89 Å². The van der Waals surface area contributed by atoms with Crippen LogP contribution in [0.2, 0.25) is 0 Å². The number of benzene rings is 1. The van der Waals surface area contributed by atoms with E-state index in [-0.39, 0.29) is 11.7 Å². The molecule has 2 unspecified atom stereocenters. The number of nitrogens with one attached hydrogen (secondary N) is 2. The molecular weight excluding hydrogens is 454 g/mol. The molecule has 2 aromatic rings. The van der Waals surface area contributed by atoms with Crippen LogP contribution in [0.4, 0.5) is 4.79 Å². The molecule has 3 heterocycles. The Kier molecular flexibility index (Phi) is 6.42. The van der Waals surface area contributed by atoms with Crippen LogP contribution in [0.1, 0.15) is 24.4 Å². The van der Waals surface area contributed by atoms with Gasteiger partial charge in [-0.25, -0.2) is 9.59 Å². The lowest BCUT2D eigenvalue weighted by Gasteiger charge is -2.49. The maximum Gasteiger partial charge on any atom is 0.352 e. The molecule has 12 heteroatoms. The maximum absolute atomic E-state index is 12.8. The molecule has 1 aromatic carbocycles. The summed E-state index contributed by atoms with van der Waals surface area (Å²) in [7, 11) is 0. The number of hydrogen-bond acceptors (Lipinski definition) is 8. The highest BCUT2D eigenvalue weighted by atomic mass is 32.2. The Hall–Kier alpha value is -2.99. The van der Waals surface area contributed by atoms with Gasteiger partial charge in [0.1, 0.15) is 17.1 Å². The molecule has 0 saturated carbocycles. The fraction of sp³-hybridized carbons (Fsp3) is 0.350. The van der Waals surface area contributed by atoms with Gasteiger partial charge >= 0.3 is 12.0 Å². The van der Waals surface area contributed by atoms with Crippen LogP contribution in [0.5, 0.6) is 0 Å². The average molecular weight is 476 g/mol. The van der Waals surface area contributed by atoms with Crippen molar-refractivity contribution in [2.45, 2.75) is 36.5 Å². The quantitative estimate of drug-likeness (QED) is 0.406. The van der Waals surface area contributed by atoms with Gasteiger partial charge in [-0.3, -0.25) is 9.69 Å². The lowest BCUT2D eigenvalue weighted by molar-refractivity contribution is -0.148. The van der Waals surface area contributed by atoms with Crippen LogP contribution in [-0.2, 0) is 9.59 Å². The Balaban J connectivity index is 1.40. The number of carbonyl (C=O) groups is 3. The van der Waals surface area contributed by atoms with E-state index in [1.807, 2.05) is 37.3 Å². The minimum atomic E-state index is -1.18. The standard InChI is InChI=1S/C20H21N5O5S2/c1-10(12-6-4-3-5-7-12)21-19(29)22-14-16(26)25-15(18(27)28)13(8-31-17(14)25)9-32-20-24-23-11(2)30-20/h3-7,10,14,17H,8-9H2,1-2H3,(H,27,28)(H2,21,22,29)/t10?,14?,17-/m0/s1. The molecule has 0 bridgehead atoms. The summed E-state index contributed by atoms with van der Waals surface area (Å²) in [5, 5.41) is 22.7. The predicted octanol–water partition coefficient (Wildman–Crippen LogP) is 2.15. The summed E-state index contributed by atoms with van der Waals surface area (Å²) >= 11 is 2.63. The van der Waals surface area contributed by atoms with E-state index < -0.39 is 29.3 Å². The number of fused-ring (bicyclic) bond motifs is 1. The molecule has 3 amide bonds. The van der Waals surface area contributed by atoms with Crippen molar-refractivity contribution in [3.05, 3.63) is 53.1 Å². The average Bonchev–Trinajstić information content (AvgIpc) is 3.20. The van der Waals surface area contributed by atoms with Gasteiger partial charge in [0.05, 0.1) is 6.04 Å². The summed E-state index contributed by atoms with van der Waals surface area (Å²) in [6, 6.07) is 7.95. The second-order valence-corrected chi connectivity index (χ2v) is 9.30. The van der Waals surface area contributed by atoms with Crippen molar-refractivity contribution in [1.82, 2.24) is 25.7 Å². The lowest BCUT2D eigenvalue weighted by Crippen LogP contribution is -2.71. The summed E-state index contributed by atoms with van der Waals surface area (Å²) in [5.74, 6) is -0.486.